The second kappa shape index (κ2) is 9.00. The number of Topliss-reactive ketones (excluding diaryl/α,β-unsaturated/α-hetero) is 1. The van der Waals surface area contributed by atoms with Gasteiger partial charge in [0.1, 0.15) is 6.54 Å². The van der Waals surface area contributed by atoms with Crippen molar-refractivity contribution >= 4 is 23.3 Å². The summed E-state index contributed by atoms with van der Waals surface area (Å²) in [7, 11) is 0. The van der Waals surface area contributed by atoms with E-state index in [-0.39, 0.29) is 11.7 Å². The maximum Gasteiger partial charge on any atom is 0.226 e. The van der Waals surface area contributed by atoms with Gasteiger partial charge in [-0.2, -0.15) is 0 Å². The Hall–Kier alpha value is -2.76. The molecule has 0 unspecified atom stereocenters. The number of piperazine rings is 1. The van der Waals surface area contributed by atoms with Crippen LogP contribution in [-0.2, 0) is 13.0 Å². The van der Waals surface area contributed by atoms with Gasteiger partial charge in [0.15, 0.2) is 5.78 Å². The first-order valence-electron chi connectivity index (χ1n) is 11.4. The first kappa shape index (κ1) is 21.1. The van der Waals surface area contributed by atoms with Crippen LogP contribution in [0.25, 0.3) is 0 Å². The molecule has 0 amide bonds. The summed E-state index contributed by atoms with van der Waals surface area (Å²) in [5.74, 6) is 1.05. The highest BCUT2D eigenvalue weighted by molar-refractivity contribution is 6.30. The molecule has 1 aliphatic carbocycles. The highest BCUT2D eigenvalue weighted by Crippen LogP contribution is 2.34. The van der Waals surface area contributed by atoms with Gasteiger partial charge in [-0.3, -0.25) is 4.79 Å². The molecule has 5 rings (SSSR count). The topological polar surface area (TPSA) is 50.5 Å². The van der Waals surface area contributed by atoms with Gasteiger partial charge in [-0.05, 0) is 37.0 Å². The molecule has 1 fully saturated rings. The van der Waals surface area contributed by atoms with E-state index in [1.807, 2.05) is 31.2 Å². The third-order valence-corrected chi connectivity index (χ3v) is 6.95. The Balaban J connectivity index is 1.31. The molecule has 0 bridgehead atoms. The Bertz CT molecular complexity index is 1110. The number of quaternary nitrogens is 1. The molecule has 5 nitrogen and oxygen atoms in total. The highest BCUT2D eigenvalue weighted by Gasteiger charge is 2.31. The van der Waals surface area contributed by atoms with Gasteiger partial charge >= 0.3 is 0 Å². The van der Waals surface area contributed by atoms with Crippen LogP contribution in [0.15, 0.2) is 54.6 Å². The van der Waals surface area contributed by atoms with Crippen molar-refractivity contribution in [1.29, 1.82) is 0 Å². The van der Waals surface area contributed by atoms with Crippen molar-refractivity contribution < 1.29 is 9.69 Å². The number of benzene rings is 2. The molecule has 1 aliphatic heterocycles. The van der Waals surface area contributed by atoms with Crippen molar-refractivity contribution in [2.24, 2.45) is 0 Å². The Morgan fingerprint density at radius 3 is 2.44 bits per heavy atom. The van der Waals surface area contributed by atoms with E-state index in [0.29, 0.717) is 11.4 Å². The molecule has 164 valence electrons. The van der Waals surface area contributed by atoms with Gasteiger partial charge in [0.05, 0.1) is 43.1 Å². The van der Waals surface area contributed by atoms with Crippen molar-refractivity contribution in [3.05, 3.63) is 87.7 Å². The van der Waals surface area contributed by atoms with Crippen molar-refractivity contribution in [2.45, 2.75) is 32.2 Å². The van der Waals surface area contributed by atoms with Crippen LogP contribution in [0, 0.1) is 6.92 Å². The van der Waals surface area contributed by atoms with Crippen LogP contribution in [0.2, 0.25) is 5.02 Å². The van der Waals surface area contributed by atoms with E-state index in [1.54, 1.807) is 4.90 Å². The predicted octanol–water partition coefficient (Wildman–Crippen LogP) is 3.26. The number of nitrogens with zero attached hydrogens (tertiary/aromatic N) is 3. The Labute approximate surface area is 194 Å². The number of nitrogens with one attached hydrogen (secondary N) is 1. The summed E-state index contributed by atoms with van der Waals surface area (Å²) in [6, 6.07) is 18.5. The quantitative estimate of drug-likeness (QED) is 0.667. The summed E-state index contributed by atoms with van der Waals surface area (Å²) >= 11 is 6.05. The number of hydrogen-bond donors (Lipinski definition) is 1. The van der Waals surface area contributed by atoms with Crippen molar-refractivity contribution in [1.82, 2.24) is 9.97 Å². The number of carbonyl (C=O) groups excluding carboxylic acids is 1. The first-order chi connectivity index (χ1) is 15.6. The SMILES string of the molecule is Cc1nc(N2CC[NH+](Cc3ccccc3)CC2)nc2c1C(=O)C[C@@H](c1ccc(Cl)cc1)C2. The average molecular weight is 448 g/mol. The molecule has 2 aliphatic rings. The molecule has 0 spiro atoms. The van der Waals surface area contributed by atoms with E-state index in [0.717, 1.165) is 67.6 Å². The van der Waals surface area contributed by atoms with Crippen molar-refractivity contribution in [3.63, 3.8) is 0 Å². The van der Waals surface area contributed by atoms with E-state index in [9.17, 15) is 4.79 Å². The summed E-state index contributed by atoms with van der Waals surface area (Å²) in [5.41, 5.74) is 4.95. The number of rotatable bonds is 4. The average Bonchev–Trinajstić information content (AvgIpc) is 2.80. The summed E-state index contributed by atoms with van der Waals surface area (Å²) in [4.78, 5) is 26.5. The maximum absolute atomic E-state index is 12.9. The zero-order valence-corrected chi connectivity index (χ0v) is 19.1. The zero-order chi connectivity index (χ0) is 22.1. The van der Waals surface area contributed by atoms with Crippen LogP contribution in [0.5, 0.6) is 0 Å². The molecule has 2 heterocycles. The molecular weight excluding hydrogens is 420 g/mol. The third-order valence-electron chi connectivity index (χ3n) is 6.70. The Morgan fingerprint density at radius 1 is 1.00 bits per heavy atom. The van der Waals surface area contributed by atoms with Crippen LogP contribution >= 0.6 is 11.6 Å². The monoisotopic (exact) mass is 447 g/mol. The fraction of sp³-hybridized carbons (Fsp3) is 0.346. The molecule has 1 atom stereocenters. The van der Waals surface area contributed by atoms with Crippen molar-refractivity contribution in [2.75, 3.05) is 31.1 Å². The lowest BCUT2D eigenvalue weighted by molar-refractivity contribution is -0.914. The van der Waals surface area contributed by atoms with E-state index in [2.05, 4.69) is 35.2 Å². The molecular formula is C26H28ClN4O+. The lowest BCUT2D eigenvalue weighted by atomic mass is 9.81. The van der Waals surface area contributed by atoms with Crippen LogP contribution in [0.4, 0.5) is 5.95 Å². The number of anilines is 1. The molecule has 1 aromatic heterocycles. The predicted molar refractivity (Wildman–Crippen MR) is 127 cm³/mol. The fourth-order valence-electron chi connectivity index (χ4n) is 4.95. The maximum atomic E-state index is 12.9. The number of fused-ring (bicyclic) bond motifs is 1. The largest absolute Gasteiger partial charge is 0.330 e. The zero-order valence-electron chi connectivity index (χ0n) is 18.4. The molecule has 2 aromatic carbocycles. The fourth-order valence-corrected chi connectivity index (χ4v) is 5.08. The number of carbonyl (C=O) groups is 1. The second-order valence-electron chi connectivity index (χ2n) is 8.91. The smallest absolute Gasteiger partial charge is 0.226 e. The van der Waals surface area contributed by atoms with E-state index in [4.69, 9.17) is 21.6 Å². The van der Waals surface area contributed by atoms with Crippen LogP contribution in [-0.4, -0.2) is 41.9 Å². The Morgan fingerprint density at radius 2 is 1.72 bits per heavy atom. The molecule has 3 aromatic rings. The number of hydrogen-bond acceptors (Lipinski definition) is 4. The van der Waals surface area contributed by atoms with E-state index >= 15 is 0 Å². The third kappa shape index (κ3) is 4.41. The van der Waals surface area contributed by atoms with Gasteiger partial charge < -0.3 is 9.80 Å². The lowest BCUT2D eigenvalue weighted by Gasteiger charge is -2.33. The normalized spacial score (nSPS) is 19.1. The second-order valence-corrected chi connectivity index (χ2v) is 9.35. The van der Waals surface area contributed by atoms with E-state index in [1.165, 1.54) is 5.56 Å². The van der Waals surface area contributed by atoms with Gasteiger partial charge in [0.2, 0.25) is 5.95 Å². The minimum Gasteiger partial charge on any atom is -0.330 e. The van der Waals surface area contributed by atoms with Crippen LogP contribution in [0.3, 0.4) is 0 Å². The summed E-state index contributed by atoms with van der Waals surface area (Å²) in [6.45, 7) is 6.96. The van der Waals surface area contributed by atoms with Crippen LogP contribution < -0.4 is 9.80 Å². The van der Waals surface area contributed by atoms with Gasteiger partial charge in [-0.1, -0.05) is 54.1 Å². The summed E-state index contributed by atoms with van der Waals surface area (Å²) in [6.07, 6.45) is 1.26. The van der Waals surface area contributed by atoms with Crippen molar-refractivity contribution in [3.8, 4) is 0 Å². The number of aromatic nitrogens is 2. The number of aryl methyl sites for hydroxylation is 1. The summed E-state index contributed by atoms with van der Waals surface area (Å²) < 4.78 is 0. The Kier molecular flexibility index (Phi) is 5.94. The summed E-state index contributed by atoms with van der Waals surface area (Å²) in [5, 5.41) is 0.713. The van der Waals surface area contributed by atoms with Gasteiger partial charge in [-0.25, -0.2) is 9.97 Å². The molecule has 0 radical (unpaired) electrons. The van der Waals surface area contributed by atoms with E-state index < -0.39 is 0 Å². The lowest BCUT2D eigenvalue weighted by Crippen LogP contribution is -3.13. The molecule has 6 heteroatoms. The van der Waals surface area contributed by atoms with Gasteiger partial charge in [-0.15, -0.1) is 0 Å². The molecule has 32 heavy (non-hydrogen) atoms. The minimum atomic E-state index is 0.140. The van der Waals surface area contributed by atoms with Gasteiger partial charge in [0.25, 0.3) is 0 Å². The molecule has 0 saturated carbocycles. The minimum absolute atomic E-state index is 0.140. The first-order valence-corrected chi connectivity index (χ1v) is 11.7. The van der Waals surface area contributed by atoms with Crippen LogP contribution in [0.1, 0.15) is 45.2 Å². The molecule has 1 N–H and O–H groups in total. The standard InChI is InChI=1S/C26H27ClN4O/c1-18-25-23(15-21(16-24(25)32)20-7-9-22(27)10-8-20)29-26(28-18)31-13-11-30(12-14-31)17-19-5-3-2-4-6-19/h2-10,21H,11-17H2,1H3/p+1/t21-/m0/s1. The highest BCUT2D eigenvalue weighted by atomic mass is 35.5. The molecule has 1 saturated heterocycles. The number of ketones is 1. The number of halogens is 1. The van der Waals surface area contributed by atoms with Gasteiger partial charge in [0, 0.05) is 17.0 Å².